The third-order valence-electron chi connectivity index (χ3n) is 2.71. The molecule has 1 heterocycles. The van der Waals surface area contributed by atoms with Crippen LogP contribution in [0.4, 0.5) is 10.1 Å². The monoisotopic (exact) mass is 219 g/mol. The van der Waals surface area contributed by atoms with Gasteiger partial charge >= 0.3 is 0 Å². The summed E-state index contributed by atoms with van der Waals surface area (Å²) in [6, 6.07) is 4.60. The number of amides is 2. The molecule has 0 bridgehead atoms. The van der Waals surface area contributed by atoms with Crippen LogP contribution in [0.15, 0.2) is 18.2 Å². The predicted octanol–water partition coefficient (Wildman–Crippen LogP) is 0.612. The van der Waals surface area contributed by atoms with Crippen molar-refractivity contribution < 1.29 is 14.0 Å². The van der Waals surface area contributed by atoms with Gasteiger partial charge in [0.05, 0.1) is 5.69 Å². The number of hydrogen-bond donors (Lipinski definition) is 0. The number of rotatable bonds is 2. The molecule has 1 aliphatic heterocycles. The van der Waals surface area contributed by atoms with E-state index in [9.17, 15) is 14.0 Å². The Labute approximate surface area is 93.7 Å². The van der Waals surface area contributed by atoms with E-state index in [0.29, 0.717) is 0 Å². The first kappa shape index (κ1) is 10.9. The largest absolute Gasteiger partial charge is 0.274 e. The molecule has 0 N–H and O–H groups in total. The lowest BCUT2D eigenvalue weighted by Crippen LogP contribution is -2.29. The maximum absolute atomic E-state index is 13.7. The topological polar surface area (TPSA) is 37.4 Å². The van der Waals surface area contributed by atoms with Crippen molar-refractivity contribution in [3.05, 3.63) is 29.6 Å². The second-order valence-electron chi connectivity index (χ2n) is 3.76. The van der Waals surface area contributed by atoms with Gasteiger partial charge in [-0.2, -0.15) is 0 Å². The van der Waals surface area contributed by atoms with Crippen LogP contribution >= 0.6 is 0 Å². The van der Waals surface area contributed by atoms with Gasteiger partial charge < -0.3 is 0 Å². The van der Waals surface area contributed by atoms with Crippen molar-refractivity contribution in [3.63, 3.8) is 0 Å². The van der Waals surface area contributed by atoms with Crippen LogP contribution in [0, 0.1) is 5.82 Å². The van der Waals surface area contributed by atoms with Crippen LogP contribution in [0.3, 0.4) is 0 Å². The molecule has 5 heteroatoms. The Morgan fingerprint density at radius 1 is 1.25 bits per heavy atom. The van der Waals surface area contributed by atoms with E-state index >= 15 is 0 Å². The highest BCUT2D eigenvalue weighted by Crippen LogP contribution is 2.26. The third-order valence-corrected chi connectivity index (χ3v) is 2.71. The number of halogens is 1. The van der Waals surface area contributed by atoms with E-state index in [-0.39, 0.29) is 30.3 Å². The second kappa shape index (κ2) is 4.08. The maximum Gasteiger partial charge on any atom is 0.234 e. The number of benzene rings is 1. The number of carbonyl (C=O) groups excluding carboxylic acids is 2. The number of imide groups is 1. The molecule has 1 saturated heterocycles. The molecule has 16 heavy (non-hydrogen) atoms. The molecule has 0 radical (unpaired) electrons. The molecule has 0 unspecified atom stereocenters. The number of nitrogens with zero attached hydrogens (tertiary/aromatic N) is 1. The molecule has 82 valence electrons. The summed E-state index contributed by atoms with van der Waals surface area (Å²) < 4.78 is 13.7. The Hall–Kier alpha value is -1.65. The van der Waals surface area contributed by atoms with Gasteiger partial charge in [-0.25, -0.2) is 9.29 Å². The summed E-state index contributed by atoms with van der Waals surface area (Å²) in [5, 5.41) is 0. The standard InChI is InChI=1S/C11H11BFNO2/c12-6-7-1-2-9(8(13)5-7)14-10(15)3-4-11(14)16/h1-2,5H,3-4,6,12H2. The first-order valence-corrected chi connectivity index (χ1v) is 5.27. The van der Waals surface area contributed by atoms with Gasteiger partial charge in [0, 0.05) is 12.8 Å². The summed E-state index contributed by atoms with van der Waals surface area (Å²) >= 11 is 0. The van der Waals surface area contributed by atoms with E-state index in [2.05, 4.69) is 0 Å². The lowest BCUT2D eigenvalue weighted by Gasteiger charge is -2.15. The van der Waals surface area contributed by atoms with Crippen molar-refractivity contribution in [1.29, 1.82) is 0 Å². The van der Waals surface area contributed by atoms with Gasteiger partial charge in [-0.3, -0.25) is 9.59 Å². The molecular weight excluding hydrogens is 208 g/mol. The predicted molar refractivity (Wildman–Crippen MR) is 60.4 cm³/mol. The minimum atomic E-state index is -0.511. The van der Waals surface area contributed by atoms with Gasteiger partial charge in [0.2, 0.25) is 11.8 Å². The van der Waals surface area contributed by atoms with Crippen molar-refractivity contribution in [2.75, 3.05) is 4.90 Å². The minimum absolute atomic E-state index is 0.0738. The molecule has 2 amide bonds. The van der Waals surface area contributed by atoms with Crippen molar-refractivity contribution in [2.45, 2.75) is 19.2 Å². The SMILES string of the molecule is BCc1ccc(N2C(=O)CCC2=O)c(F)c1. The molecule has 0 spiro atoms. The van der Waals surface area contributed by atoms with Crippen molar-refractivity contribution in [1.82, 2.24) is 0 Å². The summed E-state index contributed by atoms with van der Waals surface area (Å²) in [6.07, 6.45) is 1.07. The molecule has 3 nitrogen and oxygen atoms in total. The normalized spacial score (nSPS) is 15.9. The van der Waals surface area contributed by atoms with Crippen LogP contribution in [0.1, 0.15) is 18.4 Å². The lowest BCUT2D eigenvalue weighted by molar-refractivity contribution is -0.121. The first-order chi connectivity index (χ1) is 7.63. The number of hydrogen-bond acceptors (Lipinski definition) is 2. The fourth-order valence-electron chi connectivity index (χ4n) is 1.80. The van der Waals surface area contributed by atoms with Gasteiger partial charge in [-0.05, 0) is 12.1 Å². The van der Waals surface area contributed by atoms with Crippen molar-refractivity contribution in [3.8, 4) is 0 Å². The molecule has 0 aromatic heterocycles. The Kier molecular flexibility index (Phi) is 2.77. The first-order valence-electron chi connectivity index (χ1n) is 5.27. The molecule has 0 aliphatic carbocycles. The highest BCUT2D eigenvalue weighted by Gasteiger charge is 2.31. The highest BCUT2D eigenvalue weighted by atomic mass is 19.1. The maximum atomic E-state index is 13.7. The lowest BCUT2D eigenvalue weighted by atomic mass is 9.97. The third kappa shape index (κ3) is 1.73. The summed E-state index contributed by atoms with van der Waals surface area (Å²) in [7, 11) is 1.92. The quantitative estimate of drug-likeness (QED) is 0.539. The fourth-order valence-corrected chi connectivity index (χ4v) is 1.80. The Morgan fingerprint density at radius 3 is 2.38 bits per heavy atom. The van der Waals surface area contributed by atoms with Gasteiger partial charge in [0.1, 0.15) is 13.7 Å². The molecule has 1 aromatic rings. The molecular formula is C11H11BFNO2. The summed E-state index contributed by atoms with van der Waals surface area (Å²) in [5.41, 5.74) is 0.921. The molecule has 2 rings (SSSR count). The van der Waals surface area contributed by atoms with Crippen LogP contribution in [0.5, 0.6) is 0 Å². The minimum Gasteiger partial charge on any atom is -0.274 e. The molecule has 0 saturated carbocycles. The summed E-state index contributed by atoms with van der Waals surface area (Å²) in [4.78, 5) is 23.8. The molecule has 0 atom stereocenters. The van der Waals surface area contributed by atoms with Crippen LogP contribution < -0.4 is 4.90 Å². The van der Waals surface area contributed by atoms with E-state index in [1.807, 2.05) is 7.85 Å². The van der Waals surface area contributed by atoms with Crippen LogP contribution in [-0.2, 0) is 15.9 Å². The van der Waals surface area contributed by atoms with E-state index in [1.165, 1.54) is 12.1 Å². The number of carbonyl (C=O) groups is 2. The summed E-state index contributed by atoms with van der Waals surface area (Å²) in [5.74, 6) is -1.16. The molecule has 1 fully saturated rings. The van der Waals surface area contributed by atoms with Gasteiger partial charge in [0.25, 0.3) is 0 Å². The average molecular weight is 219 g/mol. The van der Waals surface area contributed by atoms with Crippen molar-refractivity contribution in [2.24, 2.45) is 0 Å². The van der Waals surface area contributed by atoms with Crippen molar-refractivity contribution >= 4 is 25.3 Å². The van der Waals surface area contributed by atoms with Gasteiger partial charge in [0.15, 0.2) is 0 Å². The van der Waals surface area contributed by atoms with Crippen LogP contribution in [0.25, 0.3) is 0 Å². The smallest absolute Gasteiger partial charge is 0.234 e. The number of anilines is 1. The van der Waals surface area contributed by atoms with E-state index in [1.54, 1.807) is 6.07 Å². The zero-order valence-electron chi connectivity index (χ0n) is 9.00. The van der Waals surface area contributed by atoms with E-state index < -0.39 is 5.82 Å². The summed E-state index contributed by atoms with van der Waals surface area (Å²) in [6.45, 7) is 0. The van der Waals surface area contributed by atoms with Crippen LogP contribution in [0.2, 0.25) is 0 Å². The Bertz CT molecular complexity index is 445. The molecule has 1 aliphatic rings. The van der Waals surface area contributed by atoms with E-state index in [4.69, 9.17) is 0 Å². The van der Waals surface area contributed by atoms with Gasteiger partial charge in [-0.15, -0.1) is 0 Å². The Morgan fingerprint density at radius 2 is 1.88 bits per heavy atom. The molecule has 1 aromatic carbocycles. The Balaban J connectivity index is 2.40. The zero-order valence-corrected chi connectivity index (χ0v) is 9.00. The van der Waals surface area contributed by atoms with Crippen LogP contribution in [-0.4, -0.2) is 19.7 Å². The van der Waals surface area contributed by atoms with Gasteiger partial charge in [-0.1, -0.05) is 17.9 Å². The highest BCUT2D eigenvalue weighted by molar-refractivity contribution is 6.19. The zero-order chi connectivity index (χ0) is 11.7. The average Bonchev–Trinajstić information content (AvgIpc) is 2.59. The fraction of sp³-hybridized carbons (Fsp3) is 0.273. The second-order valence-corrected chi connectivity index (χ2v) is 3.76. The van der Waals surface area contributed by atoms with E-state index in [0.717, 1.165) is 16.8 Å².